The second-order valence-electron chi connectivity index (χ2n) is 6.43. The number of primary amides is 1. The Morgan fingerprint density at radius 3 is 2.34 bits per heavy atom. The van der Waals surface area contributed by atoms with Crippen LogP contribution in [0.5, 0.6) is 0 Å². The number of hydrogen-bond acceptors (Lipinski definition) is 4. The van der Waals surface area contributed by atoms with E-state index in [9.17, 15) is 14.4 Å². The molecule has 8 heteroatoms. The molecule has 0 aromatic heterocycles. The highest BCUT2D eigenvalue weighted by molar-refractivity contribution is 6.30. The summed E-state index contributed by atoms with van der Waals surface area (Å²) in [6, 6.07) is 15.5. The third kappa shape index (κ3) is 8.66. The van der Waals surface area contributed by atoms with Gasteiger partial charge in [0.05, 0.1) is 0 Å². The molecule has 0 aliphatic heterocycles. The summed E-state index contributed by atoms with van der Waals surface area (Å²) in [6.07, 6.45) is -0.0862. The van der Waals surface area contributed by atoms with E-state index in [2.05, 4.69) is 10.6 Å². The van der Waals surface area contributed by atoms with Crippen LogP contribution in [-0.2, 0) is 27.4 Å². The summed E-state index contributed by atoms with van der Waals surface area (Å²) in [7, 11) is 0. The van der Waals surface area contributed by atoms with Crippen molar-refractivity contribution in [3.63, 3.8) is 0 Å². The van der Waals surface area contributed by atoms with Crippen LogP contribution in [0.2, 0.25) is 5.02 Å². The molecule has 0 aliphatic carbocycles. The third-order valence-corrected chi connectivity index (χ3v) is 4.38. The van der Waals surface area contributed by atoms with Gasteiger partial charge in [0.2, 0.25) is 11.8 Å². The number of alkyl carbamates (subject to hydrolysis) is 1. The lowest BCUT2D eigenvalue weighted by atomic mass is 10.1. The first kappa shape index (κ1) is 22.2. The van der Waals surface area contributed by atoms with Crippen LogP contribution in [0, 0.1) is 0 Å². The molecule has 0 heterocycles. The zero-order chi connectivity index (χ0) is 21.1. The SMILES string of the molecule is NC(=O)CC[C@H](NC(=O)OCc1ccccc1)C(=O)NCCc1ccc(Cl)cc1. The van der Waals surface area contributed by atoms with Gasteiger partial charge < -0.3 is 21.1 Å². The molecule has 2 rings (SSSR count). The van der Waals surface area contributed by atoms with Crippen molar-refractivity contribution in [2.45, 2.75) is 31.9 Å². The van der Waals surface area contributed by atoms with Gasteiger partial charge in [-0.2, -0.15) is 0 Å². The minimum Gasteiger partial charge on any atom is -0.445 e. The summed E-state index contributed by atoms with van der Waals surface area (Å²) in [5, 5.41) is 5.90. The first-order chi connectivity index (χ1) is 13.9. The topological polar surface area (TPSA) is 111 Å². The van der Waals surface area contributed by atoms with E-state index < -0.39 is 23.9 Å². The molecule has 0 fully saturated rings. The van der Waals surface area contributed by atoms with Crippen molar-refractivity contribution >= 4 is 29.5 Å². The highest BCUT2D eigenvalue weighted by Crippen LogP contribution is 2.09. The van der Waals surface area contributed by atoms with Crippen LogP contribution >= 0.6 is 11.6 Å². The fourth-order valence-electron chi connectivity index (χ4n) is 2.57. The number of amides is 3. The molecule has 0 saturated carbocycles. The first-order valence-electron chi connectivity index (χ1n) is 9.21. The minimum atomic E-state index is -0.920. The minimum absolute atomic E-state index is 0.0335. The fourth-order valence-corrected chi connectivity index (χ4v) is 2.69. The normalized spacial score (nSPS) is 11.3. The number of carbonyl (C=O) groups excluding carboxylic acids is 3. The maximum atomic E-state index is 12.5. The summed E-state index contributed by atoms with van der Waals surface area (Å²) >= 11 is 5.85. The highest BCUT2D eigenvalue weighted by Gasteiger charge is 2.21. The second kappa shape index (κ2) is 11.7. The number of rotatable bonds is 10. The quantitative estimate of drug-likeness (QED) is 0.551. The van der Waals surface area contributed by atoms with E-state index in [0.717, 1.165) is 11.1 Å². The zero-order valence-electron chi connectivity index (χ0n) is 15.9. The van der Waals surface area contributed by atoms with Crippen LogP contribution in [0.15, 0.2) is 54.6 Å². The van der Waals surface area contributed by atoms with Crippen molar-refractivity contribution in [2.75, 3.05) is 6.54 Å². The molecule has 2 aromatic rings. The molecule has 154 valence electrons. The molecule has 29 heavy (non-hydrogen) atoms. The van der Waals surface area contributed by atoms with Crippen LogP contribution in [0.4, 0.5) is 4.79 Å². The van der Waals surface area contributed by atoms with Crippen molar-refractivity contribution in [2.24, 2.45) is 5.73 Å². The molecule has 7 nitrogen and oxygen atoms in total. The van der Waals surface area contributed by atoms with E-state index in [-0.39, 0.29) is 19.4 Å². The van der Waals surface area contributed by atoms with Gasteiger partial charge in [-0.05, 0) is 36.1 Å². The summed E-state index contributed by atoms with van der Waals surface area (Å²) in [5.41, 5.74) is 7.00. The van der Waals surface area contributed by atoms with Crippen LogP contribution < -0.4 is 16.4 Å². The molecule has 0 radical (unpaired) electrons. The second-order valence-corrected chi connectivity index (χ2v) is 6.87. The van der Waals surface area contributed by atoms with E-state index >= 15 is 0 Å². The number of hydrogen-bond donors (Lipinski definition) is 3. The number of ether oxygens (including phenoxy) is 1. The molecule has 0 saturated heterocycles. The van der Waals surface area contributed by atoms with E-state index in [1.165, 1.54) is 0 Å². The van der Waals surface area contributed by atoms with Crippen LogP contribution in [-0.4, -0.2) is 30.5 Å². The molecule has 0 bridgehead atoms. The van der Waals surface area contributed by atoms with Gasteiger partial charge in [-0.3, -0.25) is 9.59 Å². The Balaban J connectivity index is 1.84. The number of halogens is 1. The Labute approximate surface area is 174 Å². The van der Waals surface area contributed by atoms with Crippen molar-refractivity contribution in [3.8, 4) is 0 Å². The number of carbonyl (C=O) groups is 3. The van der Waals surface area contributed by atoms with Crippen LogP contribution in [0.25, 0.3) is 0 Å². The van der Waals surface area contributed by atoms with Gasteiger partial charge in [0, 0.05) is 18.0 Å². The molecule has 0 aliphatic rings. The van der Waals surface area contributed by atoms with Crippen molar-refractivity contribution < 1.29 is 19.1 Å². The molecule has 3 amide bonds. The smallest absolute Gasteiger partial charge is 0.408 e. The summed E-state index contributed by atoms with van der Waals surface area (Å²) in [6.45, 7) is 0.446. The molecule has 1 atom stereocenters. The van der Waals surface area contributed by atoms with Crippen molar-refractivity contribution in [1.82, 2.24) is 10.6 Å². The number of benzene rings is 2. The lowest BCUT2D eigenvalue weighted by Gasteiger charge is -2.18. The zero-order valence-corrected chi connectivity index (χ0v) is 16.7. The van der Waals surface area contributed by atoms with Gasteiger partial charge in [-0.15, -0.1) is 0 Å². The standard InChI is InChI=1S/C21H24ClN3O4/c22-17-8-6-15(7-9-17)12-13-24-20(27)18(10-11-19(23)26)25-21(28)29-14-16-4-2-1-3-5-16/h1-9,18H,10-14H2,(H2,23,26)(H,24,27)(H,25,28)/t18-/m0/s1. The Kier molecular flexibility index (Phi) is 8.98. The van der Waals surface area contributed by atoms with Crippen LogP contribution in [0.1, 0.15) is 24.0 Å². The third-order valence-electron chi connectivity index (χ3n) is 4.13. The molecule has 0 spiro atoms. The van der Waals surface area contributed by atoms with Gasteiger partial charge in [-0.1, -0.05) is 54.1 Å². The number of nitrogens with one attached hydrogen (secondary N) is 2. The summed E-state index contributed by atoms with van der Waals surface area (Å²) < 4.78 is 5.14. The Morgan fingerprint density at radius 1 is 1.00 bits per heavy atom. The Morgan fingerprint density at radius 2 is 1.69 bits per heavy atom. The fraction of sp³-hybridized carbons (Fsp3) is 0.286. The average Bonchev–Trinajstić information content (AvgIpc) is 2.71. The average molecular weight is 418 g/mol. The van der Waals surface area contributed by atoms with Gasteiger partial charge in [-0.25, -0.2) is 4.79 Å². The summed E-state index contributed by atoms with van der Waals surface area (Å²) in [4.78, 5) is 35.6. The van der Waals surface area contributed by atoms with Gasteiger partial charge in [0.15, 0.2) is 0 Å². The Hall–Kier alpha value is -3.06. The van der Waals surface area contributed by atoms with Crippen LogP contribution in [0.3, 0.4) is 0 Å². The molecule has 4 N–H and O–H groups in total. The molecular weight excluding hydrogens is 394 g/mol. The van der Waals surface area contributed by atoms with E-state index in [4.69, 9.17) is 22.1 Å². The Bertz CT molecular complexity index is 812. The van der Waals surface area contributed by atoms with E-state index in [0.29, 0.717) is 18.0 Å². The lowest BCUT2D eigenvalue weighted by molar-refractivity contribution is -0.123. The van der Waals surface area contributed by atoms with E-state index in [1.54, 1.807) is 12.1 Å². The number of nitrogens with two attached hydrogens (primary N) is 1. The van der Waals surface area contributed by atoms with Gasteiger partial charge in [0.25, 0.3) is 0 Å². The molecule has 0 unspecified atom stereocenters. The monoisotopic (exact) mass is 417 g/mol. The highest BCUT2D eigenvalue weighted by atomic mass is 35.5. The largest absolute Gasteiger partial charge is 0.445 e. The maximum absolute atomic E-state index is 12.5. The summed E-state index contributed by atoms with van der Waals surface area (Å²) in [5.74, 6) is -0.958. The first-order valence-corrected chi connectivity index (χ1v) is 9.59. The van der Waals surface area contributed by atoms with E-state index in [1.807, 2.05) is 42.5 Å². The maximum Gasteiger partial charge on any atom is 0.408 e. The lowest BCUT2D eigenvalue weighted by Crippen LogP contribution is -2.47. The van der Waals surface area contributed by atoms with Gasteiger partial charge >= 0.3 is 6.09 Å². The predicted octanol–water partition coefficient (Wildman–Crippen LogP) is 2.56. The van der Waals surface area contributed by atoms with Crippen molar-refractivity contribution in [3.05, 3.63) is 70.7 Å². The van der Waals surface area contributed by atoms with Crippen molar-refractivity contribution in [1.29, 1.82) is 0 Å². The van der Waals surface area contributed by atoms with Gasteiger partial charge in [0.1, 0.15) is 12.6 Å². The molecular formula is C21H24ClN3O4. The predicted molar refractivity (Wildman–Crippen MR) is 110 cm³/mol. The molecule has 2 aromatic carbocycles.